The van der Waals surface area contributed by atoms with E-state index in [9.17, 15) is 9.59 Å². The third-order valence-electron chi connectivity index (χ3n) is 2.89. The number of hydrogen-bond donors (Lipinski definition) is 1. The normalized spacial score (nSPS) is 11.6. The molecule has 23 heavy (non-hydrogen) atoms. The van der Waals surface area contributed by atoms with Crippen molar-refractivity contribution in [2.24, 2.45) is 0 Å². The number of esters is 1. The maximum atomic E-state index is 12.0. The topological polar surface area (TPSA) is 55.4 Å². The van der Waals surface area contributed by atoms with Crippen molar-refractivity contribution in [2.75, 3.05) is 11.1 Å². The molecular weight excluding hydrogens is 378 g/mol. The van der Waals surface area contributed by atoms with E-state index in [4.69, 9.17) is 4.74 Å². The molecule has 2 rings (SSSR count). The molecule has 0 fully saturated rings. The number of amides is 1. The summed E-state index contributed by atoms with van der Waals surface area (Å²) < 4.78 is 6.07. The van der Waals surface area contributed by atoms with Gasteiger partial charge in [-0.05, 0) is 43.3 Å². The van der Waals surface area contributed by atoms with Crippen molar-refractivity contribution in [1.82, 2.24) is 0 Å². The smallest absolute Gasteiger partial charge is 0.317 e. The van der Waals surface area contributed by atoms with E-state index in [2.05, 4.69) is 21.2 Å². The molecule has 6 heteroatoms. The van der Waals surface area contributed by atoms with Crippen LogP contribution in [0.3, 0.4) is 0 Å². The Morgan fingerprint density at radius 2 is 1.78 bits per heavy atom. The predicted molar refractivity (Wildman–Crippen MR) is 95.5 cm³/mol. The molecule has 2 aromatic rings. The maximum absolute atomic E-state index is 12.0. The maximum Gasteiger partial charge on any atom is 0.317 e. The van der Waals surface area contributed by atoms with Crippen molar-refractivity contribution in [3.05, 3.63) is 59.1 Å². The molecule has 1 atom stereocenters. The molecule has 0 aliphatic rings. The standard InChI is InChI=1S/C17H16BrNO3S/c1-12(17(21)19-14-9-7-13(18)8-10-14)22-16(20)11-23-15-5-3-2-4-6-15/h2-10,12H,11H2,1H3,(H,19,21)/t12-/m0/s1. The van der Waals surface area contributed by atoms with Gasteiger partial charge in [-0.15, -0.1) is 11.8 Å². The summed E-state index contributed by atoms with van der Waals surface area (Å²) in [5.74, 6) is -0.609. The van der Waals surface area contributed by atoms with Crippen LogP contribution in [-0.4, -0.2) is 23.7 Å². The first kappa shape index (κ1) is 17.6. The van der Waals surface area contributed by atoms with Gasteiger partial charge in [-0.25, -0.2) is 0 Å². The predicted octanol–water partition coefficient (Wildman–Crippen LogP) is 4.11. The van der Waals surface area contributed by atoms with Gasteiger partial charge >= 0.3 is 5.97 Å². The van der Waals surface area contributed by atoms with Gasteiger partial charge in [0.15, 0.2) is 6.10 Å². The Hall–Kier alpha value is -1.79. The summed E-state index contributed by atoms with van der Waals surface area (Å²) >= 11 is 4.70. The molecule has 0 heterocycles. The number of anilines is 1. The summed E-state index contributed by atoms with van der Waals surface area (Å²) in [7, 11) is 0. The second-order valence-electron chi connectivity index (χ2n) is 4.73. The number of carbonyl (C=O) groups excluding carboxylic acids is 2. The minimum Gasteiger partial charge on any atom is -0.452 e. The van der Waals surface area contributed by atoms with Gasteiger partial charge in [0.1, 0.15) is 0 Å². The fourth-order valence-corrected chi connectivity index (χ4v) is 2.69. The Bertz CT molecular complexity index is 661. The highest BCUT2D eigenvalue weighted by atomic mass is 79.9. The first-order valence-electron chi connectivity index (χ1n) is 6.98. The van der Waals surface area contributed by atoms with Crippen LogP contribution >= 0.6 is 27.7 Å². The highest BCUT2D eigenvalue weighted by Crippen LogP contribution is 2.17. The fraction of sp³-hybridized carbons (Fsp3) is 0.176. The Labute approximate surface area is 147 Å². The molecule has 0 bridgehead atoms. The van der Waals surface area contributed by atoms with Crippen LogP contribution in [-0.2, 0) is 14.3 Å². The monoisotopic (exact) mass is 393 g/mol. The van der Waals surface area contributed by atoms with Gasteiger partial charge in [-0.2, -0.15) is 0 Å². The van der Waals surface area contributed by atoms with E-state index in [1.807, 2.05) is 42.5 Å². The number of ether oxygens (including phenoxy) is 1. The molecular formula is C17H16BrNO3S. The van der Waals surface area contributed by atoms with Crippen LogP contribution in [0.1, 0.15) is 6.92 Å². The molecule has 0 radical (unpaired) electrons. The highest BCUT2D eigenvalue weighted by molar-refractivity contribution is 9.10. The lowest BCUT2D eigenvalue weighted by atomic mass is 10.3. The van der Waals surface area contributed by atoms with Crippen molar-refractivity contribution in [3.8, 4) is 0 Å². The Morgan fingerprint density at radius 1 is 1.13 bits per heavy atom. The van der Waals surface area contributed by atoms with E-state index in [-0.39, 0.29) is 11.7 Å². The Morgan fingerprint density at radius 3 is 2.43 bits per heavy atom. The van der Waals surface area contributed by atoms with E-state index in [1.54, 1.807) is 19.1 Å². The SMILES string of the molecule is C[C@H](OC(=O)CSc1ccccc1)C(=O)Nc1ccc(Br)cc1. The van der Waals surface area contributed by atoms with Crippen LogP contribution in [0.5, 0.6) is 0 Å². The lowest BCUT2D eigenvalue weighted by molar-refractivity contribution is -0.150. The van der Waals surface area contributed by atoms with Crippen LogP contribution in [0.15, 0.2) is 64.0 Å². The molecule has 0 aromatic heterocycles. The number of thioether (sulfide) groups is 1. The zero-order valence-electron chi connectivity index (χ0n) is 12.5. The number of carbonyl (C=O) groups is 2. The van der Waals surface area contributed by atoms with Crippen molar-refractivity contribution in [2.45, 2.75) is 17.9 Å². The van der Waals surface area contributed by atoms with E-state index in [0.29, 0.717) is 5.69 Å². The fourth-order valence-electron chi connectivity index (χ4n) is 1.72. The molecule has 2 aromatic carbocycles. The lowest BCUT2D eigenvalue weighted by Crippen LogP contribution is -2.30. The van der Waals surface area contributed by atoms with Crippen molar-refractivity contribution in [1.29, 1.82) is 0 Å². The van der Waals surface area contributed by atoms with Gasteiger partial charge in [0.05, 0.1) is 5.75 Å². The zero-order valence-corrected chi connectivity index (χ0v) is 14.9. The number of halogens is 1. The van der Waals surface area contributed by atoms with Crippen molar-refractivity contribution >= 4 is 45.3 Å². The summed E-state index contributed by atoms with van der Waals surface area (Å²) in [6, 6.07) is 16.7. The average molecular weight is 394 g/mol. The van der Waals surface area contributed by atoms with Gasteiger partial charge < -0.3 is 10.1 Å². The Balaban J connectivity index is 1.78. The van der Waals surface area contributed by atoms with Gasteiger partial charge in [0.2, 0.25) is 0 Å². The molecule has 0 aliphatic heterocycles. The molecule has 1 N–H and O–H groups in total. The summed E-state index contributed by atoms with van der Waals surface area (Å²) in [6.45, 7) is 1.55. The number of nitrogens with one attached hydrogen (secondary N) is 1. The third kappa shape index (κ3) is 6.08. The van der Waals surface area contributed by atoms with E-state index < -0.39 is 12.1 Å². The number of hydrogen-bond acceptors (Lipinski definition) is 4. The molecule has 1 amide bonds. The Kier molecular flexibility index (Phi) is 6.67. The molecule has 120 valence electrons. The highest BCUT2D eigenvalue weighted by Gasteiger charge is 2.18. The second-order valence-corrected chi connectivity index (χ2v) is 6.69. The average Bonchev–Trinajstić information content (AvgIpc) is 2.56. The molecule has 4 nitrogen and oxygen atoms in total. The molecule has 0 aliphatic carbocycles. The minimum atomic E-state index is -0.845. The molecule has 0 saturated carbocycles. The largest absolute Gasteiger partial charge is 0.452 e. The number of benzene rings is 2. The summed E-state index contributed by atoms with van der Waals surface area (Å²) in [6.07, 6.45) is -0.845. The van der Waals surface area contributed by atoms with Crippen molar-refractivity contribution in [3.63, 3.8) is 0 Å². The van der Waals surface area contributed by atoms with Gasteiger partial charge in [0.25, 0.3) is 5.91 Å². The van der Waals surface area contributed by atoms with Crippen LogP contribution in [0, 0.1) is 0 Å². The third-order valence-corrected chi connectivity index (χ3v) is 4.40. The van der Waals surface area contributed by atoms with Crippen LogP contribution in [0.4, 0.5) is 5.69 Å². The van der Waals surface area contributed by atoms with Gasteiger partial charge in [-0.3, -0.25) is 9.59 Å². The van der Waals surface area contributed by atoms with Crippen LogP contribution in [0.2, 0.25) is 0 Å². The van der Waals surface area contributed by atoms with E-state index >= 15 is 0 Å². The van der Waals surface area contributed by atoms with E-state index in [0.717, 1.165) is 9.37 Å². The first-order valence-corrected chi connectivity index (χ1v) is 8.76. The number of rotatable bonds is 6. The van der Waals surface area contributed by atoms with Crippen LogP contribution in [0.25, 0.3) is 0 Å². The first-order chi connectivity index (χ1) is 11.0. The summed E-state index contributed by atoms with van der Waals surface area (Å²) in [5.41, 5.74) is 0.653. The van der Waals surface area contributed by atoms with Crippen molar-refractivity contribution < 1.29 is 14.3 Å². The lowest BCUT2D eigenvalue weighted by Gasteiger charge is -2.13. The minimum absolute atomic E-state index is 0.167. The quantitative estimate of drug-likeness (QED) is 0.592. The zero-order chi connectivity index (χ0) is 16.7. The molecule has 0 unspecified atom stereocenters. The molecule has 0 spiro atoms. The second kappa shape index (κ2) is 8.74. The molecule has 0 saturated heterocycles. The van der Waals surface area contributed by atoms with Gasteiger partial charge in [-0.1, -0.05) is 34.1 Å². The summed E-state index contributed by atoms with van der Waals surface area (Å²) in [4.78, 5) is 24.8. The van der Waals surface area contributed by atoms with Gasteiger partial charge in [0, 0.05) is 15.1 Å². The van der Waals surface area contributed by atoms with Crippen LogP contribution < -0.4 is 5.32 Å². The summed E-state index contributed by atoms with van der Waals surface area (Å²) in [5, 5.41) is 2.70. The van der Waals surface area contributed by atoms with E-state index in [1.165, 1.54) is 11.8 Å².